The lowest BCUT2D eigenvalue weighted by Crippen LogP contribution is -2.41. The summed E-state index contributed by atoms with van der Waals surface area (Å²) in [6, 6.07) is 0.555. The Kier molecular flexibility index (Phi) is 5.12. The highest BCUT2D eigenvalue weighted by molar-refractivity contribution is 5.48. The van der Waals surface area contributed by atoms with Gasteiger partial charge in [0, 0.05) is 25.6 Å². The second-order valence-electron chi connectivity index (χ2n) is 4.17. The number of likely N-dealkylation sites (N-methyl/N-ethyl adjacent to an activating group) is 1. The largest absolute Gasteiger partial charge is 0.377 e. The van der Waals surface area contributed by atoms with Gasteiger partial charge < -0.3 is 14.4 Å². The molecule has 3 heteroatoms. The molecule has 0 aromatic carbocycles. The third kappa shape index (κ3) is 3.76. The smallest absolute Gasteiger partial charge is 0.119 e. The van der Waals surface area contributed by atoms with Crippen molar-refractivity contribution in [1.29, 1.82) is 0 Å². The molecule has 82 valence electrons. The maximum atomic E-state index is 10.2. The topological polar surface area (TPSA) is 29.5 Å². The van der Waals surface area contributed by atoms with Gasteiger partial charge in [-0.1, -0.05) is 0 Å². The van der Waals surface area contributed by atoms with Crippen molar-refractivity contribution in [3.63, 3.8) is 0 Å². The highest BCUT2D eigenvalue weighted by atomic mass is 16.5. The zero-order chi connectivity index (χ0) is 10.4. The zero-order valence-corrected chi connectivity index (χ0v) is 9.24. The number of hydrogen-bond acceptors (Lipinski definition) is 3. The lowest BCUT2D eigenvalue weighted by molar-refractivity contribution is -0.108. The molecule has 3 nitrogen and oxygen atoms in total. The summed E-state index contributed by atoms with van der Waals surface area (Å²) in [5.74, 6) is 0. The van der Waals surface area contributed by atoms with Crippen LogP contribution in [0.25, 0.3) is 0 Å². The Labute approximate surface area is 86.4 Å². The molecular weight excluding hydrogens is 178 g/mol. The van der Waals surface area contributed by atoms with Crippen LogP contribution in [0.1, 0.15) is 32.6 Å². The summed E-state index contributed by atoms with van der Waals surface area (Å²) >= 11 is 0. The Balaban J connectivity index is 2.07. The first-order chi connectivity index (χ1) is 6.74. The van der Waals surface area contributed by atoms with Crippen molar-refractivity contribution < 1.29 is 9.53 Å². The van der Waals surface area contributed by atoms with E-state index in [0.717, 1.165) is 32.3 Å². The quantitative estimate of drug-likeness (QED) is 0.459. The highest BCUT2D eigenvalue weighted by Gasteiger charge is 2.21. The van der Waals surface area contributed by atoms with Crippen LogP contribution in [0.5, 0.6) is 0 Å². The first-order valence-electron chi connectivity index (χ1n) is 5.49. The molecule has 0 amide bonds. The number of carbonyl (C=O) groups is 1. The lowest BCUT2D eigenvalue weighted by Gasteiger charge is -2.33. The predicted octanol–water partition coefficient (Wildman–Crippen LogP) is 1.46. The molecule has 1 saturated heterocycles. The SMILES string of the molecule is CC(CCCC=O)N(C)CC1CCO1. The summed E-state index contributed by atoms with van der Waals surface area (Å²) in [5, 5.41) is 0. The Morgan fingerprint density at radius 3 is 2.86 bits per heavy atom. The normalized spacial score (nSPS) is 23.2. The molecule has 2 unspecified atom stereocenters. The first kappa shape index (κ1) is 11.7. The van der Waals surface area contributed by atoms with Crippen LogP contribution in [-0.2, 0) is 9.53 Å². The van der Waals surface area contributed by atoms with Crippen LogP contribution in [0.4, 0.5) is 0 Å². The molecule has 1 aliphatic heterocycles. The van der Waals surface area contributed by atoms with Crippen LogP contribution in [0.2, 0.25) is 0 Å². The minimum absolute atomic E-state index is 0.452. The van der Waals surface area contributed by atoms with Crippen molar-refractivity contribution in [3.05, 3.63) is 0 Å². The Hall–Kier alpha value is -0.410. The number of hydrogen-bond donors (Lipinski definition) is 0. The summed E-state index contributed by atoms with van der Waals surface area (Å²) in [6.45, 7) is 4.17. The maximum absolute atomic E-state index is 10.2. The summed E-state index contributed by atoms with van der Waals surface area (Å²) in [5.41, 5.74) is 0. The van der Waals surface area contributed by atoms with Gasteiger partial charge in [0.15, 0.2) is 0 Å². The van der Waals surface area contributed by atoms with Crippen LogP contribution in [0.3, 0.4) is 0 Å². The van der Waals surface area contributed by atoms with Gasteiger partial charge in [0.1, 0.15) is 6.29 Å². The van der Waals surface area contributed by atoms with Crippen LogP contribution < -0.4 is 0 Å². The molecule has 0 radical (unpaired) electrons. The number of unbranched alkanes of at least 4 members (excludes halogenated alkanes) is 1. The lowest BCUT2D eigenvalue weighted by atomic mass is 10.1. The number of carbonyl (C=O) groups excluding carboxylic acids is 1. The molecule has 0 aromatic rings. The molecule has 2 atom stereocenters. The van der Waals surface area contributed by atoms with Crippen LogP contribution in [0.15, 0.2) is 0 Å². The standard InChI is InChI=1S/C11H21NO2/c1-10(5-3-4-7-13)12(2)9-11-6-8-14-11/h7,10-11H,3-6,8-9H2,1-2H3. The van der Waals surface area contributed by atoms with Crippen molar-refractivity contribution in [2.75, 3.05) is 20.2 Å². The fourth-order valence-corrected chi connectivity index (χ4v) is 1.65. The first-order valence-corrected chi connectivity index (χ1v) is 5.49. The molecule has 0 aliphatic carbocycles. The highest BCUT2D eigenvalue weighted by Crippen LogP contribution is 2.14. The molecule has 0 bridgehead atoms. The van der Waals surface area contributed by atoms with E-state index in [4.69, 9.17) is 4.74 Å². The molecule has 1 aliphatic rings. The van der Waals surface area contributed by atoms with E-state index in [9.17, 15) is 4.79 Å². The summed E-state index contributed by atoms with van der Waals surface area (Å²) in [4.78, 5) is 12.5. The van der Waals surface area contributed by atoms with E-state index < -0.39 is 0 Å². The number of nitrogens with zero attached hydrogens (tertiary/aromatic N) is 1. The number of aldehydes is 1. The summed E-state index contributed by atoms with van der Waals surface area (Å²) < 4.78 is 5.38. The number of ether oxygens (including phenoxy) is 1. The van der Waals surface area contributed by atoms with E-state index in [1.165, 1.54) is 6.42 Å². The Bertz CT molecular complexity index is 169. The fraction of sp³-hybridized carbons (Fsp3) is 0.909. The average molecular weight is 199 g/mol. The van der Waals surface area contributed by atoms with Gasteiger partial charge in [-0.3, -0.25) is 0 Å². The molecule has 0 aromatic heterocycles. The molecule has 0 spiro atoms. The molecule has 1 rings (SSSR count). The monoisotopic (exact) mass is 199 g/mol. The fourth-order valence-electron chi connectivity index (χ4n) is 1.65. The van der Waals surface area contributed by atoms with Crippen LogP contribution >= 0.6 is 0 Å². The third-order valence-corrected chi connectivity index (χ3v) is 2.98. The van der Waals surface area contributed by atoms with Crippen LogP contribution in [0, 0.1) is 0 Å². The van der Waals surface area contributed by atoms with Gasteiger partial charge in [0.05, 0.1) is 6.10 Å². The zero-order valence-electron chi connectivity index (χ0n) is 9.24. The predicted molar refractivity (Wildman–Crippen MR) is 56.4 cm³/mol. The van der Waals surface area contributed by atoms with Gasteiger partial charge in [-0.15, -0.1) is 0 Å². The molecule has 14 heavy (non-hydrogen) atoms. The van der Waals surface area contributed by atoms with E-state index in [1.807, 2.05) is 0 Å². The van der Waals surface area contributed by atoms with Gasteiger partial charge in [-0.2, -0.15) is 0 Å². The van der Waals surface area contributed by atoms with Gasteiger partial charge in [0.2, 0.25) is 0 Å². The minimum Gasteiger partial charge on any atom is -0.377 e. The van der Waals surface area contributed by atoms with Crippen molar-refractivity contribution in [1.82, 2.24) is 4.90 Å². The Morgan fingerprint density at radius 2 is 2.36 bits per heavy atom. The summed E-state index contributed by atoms with van der Waals surface area (Å²) in [6.07, 6.45) is 5.45. The summed E-state index contributed by atoms with van der Waals surface area (Å²) in [7, 11) is 2.13. The maximum Gasteiger partial charge on any atom is 0.119 e. The molecule has 1 heterocycles. The second-order valence-corrected chi connectivity index (χ2v) is 4.17. The van der Waals surface area contributed by atoms with Crippen molar-refractivity contribution >= 4 is 6.29 Å². The van der Waals surface area contributed by atoms with Crippen molar-refractivity contribution in [3.8, 4) is 0 Å². The molecule has 0 saturated carbocycles. The van der Waals surface area contributed by atoms with Gasteiger partial charge in [0.25, 0.3) is 0 Å². The van der Waals surface area contributed by atoms with Crippen molar-refractivity contribution in [2.24, 2.45) is 0 Å². The minimum atomic E-state index is 0.452. The second kappa shape index (κ2) is 6.14. The van der Waals surface area contributed by atoms with E-state index in [-0.39, 0.29) is 0 Å². The van der Waals surface area contributed by atoms with E-state index >= 15 is 0 Å². The number of rotatable bonds is 7. The van der Waals surface area contributed by atoms with Crippen LogP contribution in [-0.4, -0.2) is 43.5 Å². The van der Waals surface area contributed by atoms with E-state index in [0.29, 0.717) is 18.6 Å². The van der Waals surface area contributed by atoms with E-state index in [2.05, 4.69) is 18.9 Å². The molecule has 0 N–H and O–H groups in total. The van der Waals surface area contributed by atoms with Gasteiger partial charge in [-0.05, 0) is 33.2 Å². The average Bonchev–Trinajstić information content (AvgIpc) is 2.11. The third-order valence-electron chi connectivity index (χ3n) is 2.98. The molecule has 1 fully saturated rings. The van der Waals surface area contributed by atoms with Gasteiger partial charge >= 0.3 is 0 Å². The van der Waals surface area contributed by atoms with Crippen molar-refractivity contribution in [2.45, 2.75) is 44.8 Å². The van der Waals surface area contributed by atoms with E-state index in [1.54, 1.807) is 0 Å². The van der Waals surface area contributed by atoms with Gasteiger partial charge in [-0.25, -0.2) is 0 Å². The molecular formula is C11H21NO2. The Morgan fingerprint density at radius 1 is 1.64 bits per heavy atom.